The maximum absolute atomic E-state index is 13.4. The molecule has 0 N–H and O–H groups in total. The number of ketones is 1. The van der Waals surface area contributed by atoms with Gasteiger partial charge >= 0.3 is 0 Å². The van der Waals surface area contributed by atoms with E-state index in [2.05, 4.69) is 28.9 Å². The summed E-state index contributed by atoms with van der Waals surface area (Å²) in [6.07, 6.45) is 7.94. The van der Waals surface area contributed by atoms with Crippen LogP contribution in [0, 0.1) is 0 Å². The Morgan fingerprint density at radius 1 is 1.02 bits per heavy atom. The van der Waals surface area contributed by atoms with Gasteiger partial charge in [0, 0.05) is 51.4 Å². The lowest BCUT2D eigenvalue weighted by Gasteiger charge is -2.46. The molecule has 0 aromatic carbocycles. The van der Waals surface area contributed by atoms with Crippen LogP contribution in [-0.2, 0) is 42.8 Å². The number of carbonyl (C=O) groups is 1. The highest BCUT2D eigenvalue weighted by molar-refractivity contribution is 5.91. The molecule has 1 saturated carbocycles. The van der Waals surface area contributed by atoms with Crippen molar-refractivity contribution in [3.63, 3.8) is 0 Å². The molecule has 6 aliphatic rings. The van der Waals surface area contributed by atoms with E-state index in [1.807, 2.05) is 0 Å². The van der Waals surface area contributed by atoms with Gasteiger partial charge in [0.25, 0.3) is 0 Å². The van der Waals surface area contributed by atoms with Crippen LogP contribution in [0.2, 0.25) is 0 Å². The van der Waals surface area contributed by atoms with E-state index < -0.39 is 5.41 Å². The number of methoxy groups -OCH3 is 1. The molecule has 2 spiro atoms. The fourth-order valence-corrected chi connectivity index (χ4v) is 8.92. The minimum absolute atomic E-state index is 0.114. The third kappa shape index (κ3) is 4.56. The second kappa shape index (κ2) is 11.1. The van der Waals surface area contributed by atoms with Crippen molar-refractivity contribution in [3.8, 4) is 17.5 Å². The van der Waals surface area contributed by atoms with Crippen LogP contribution < -0.4 is 4.74 Å². The standard InChI is InChI=1S/C33H45N5O6/c1-20(25-13-22(40-3)14-37(25)2)43-31-24-15-38(21-16-42-17-21)18-32(11-12-41-19-32)28(24)34-30(35-31)27-23-7-6-10-33(29(23)36-44-27)9-5-4-8-26(33)39/h20-22,25H,4-19H2,1-3H3/t20-,22+,25-,32-,33+/m0/s1. The van der Waals surface area contributed by atoms with Crippen LogP contribution in [0.15, 0.2) is 4.52 Å². The van der Waals surface area contributed by atoms with Crippen molar-refractivity contribution in [1.29, 1.82) is 0 Å². The first kappa shape index (κ1) is 29.0. The van der Waals surface area contributed by atoms with E-state index in [9.17, 15) is 4.79 Å². The van der Waals surface area contributed by atoms with Crippen LogP contribution in [0.5, 0.6) is 5.88 Å². The quantitative estimate of drug-likeness (QED) is 0.483. The van der Waals surface area contributed by atoms with Crippen LogP contribution in [0.3, 0.4) is 0 Å². The summed E-state index contributed by atoms with van der Waals surface area (Å²) in [6.45, 7) is 7.39. The smallest absolute Gasteiger partial charge is 0.222 e. The molecule has 0 radical (unpaired) electrons. The van der Waals surface area contributed by atoms with E-state index in [0.29, 0.717) is 55.5 Å². The van der Waals surface area contributed by atoms with Gasteiger partial charge in [0.15, 0.2) is 0 Å². The summed E-state index contributed by atoms with van der Waals surface area (Å²) in [5, 5.41) is 4.61. The molecule has 5 atom stereocenters. The first-order valence-electron chi connectivity index (χ1n) is 16.6. The molecule has 238 valence electrons. The summed E-state index contributed by atoms with van der Waals surface area (Å²) >= 11 is 0. The number of ether oxygens (including phenoxy) is 4. The first-order chi connectivity index (χ1) is 21.4. The number of aromatic nitrogens is 3. The van der Waals surface area contributed by atoms with Gasteiger partial charge in [-0.05, 0) is 58.9 Å². The fourth-order valence-electron chi connectivity index (χ4n) is 8.92. The number of nitrogens with zero attached hydrogens (tertiary/aromatic N) is 5. The van der Waals surface area contributed by atoms with E-state index in [1.165, 1.54) is 0 Å². The Balaban J connectivity index is 1.23. The number of hydrogen-bond acceptors (Lipinski definition) is 11. The fraction of sp³-hybridized carbons (Fsp3) is 0.758. The second-order valence-corrected chi connectivity index (χ2v) is 14.2. The topological polar surface area (TPSA) is 112 Å². The van der Waals surface area contributed by atoms with Crippen molar-refractivity contribution in [3.05, 3.63) is 22.5 Å². The number of hydrogen-bond donors (Lipinski definition) is 0. The number of fused-ring (bicyclic) bond motifs is 4. The Bertz CT molecular complexity index is 1420. The molecule has 2 aliphatic carbocycles. The van der Waals surface area contributed by atoms with Crippen molar-refractivity contribution in [2.75, 3.05) is 53.7 Å². The van der Waals surface area contributed by atoms with Gasteiger partial charge in [-0.1, -0.05) is 11.6 Å². The molecule has 11 nitrogen and oxygen atoms in total. The highest BCUT2D eigenvalue weighted by Gasteiger charge is 2.50. The maximum Gasteiger partial charge on any atom is 0.222 e. The highest BCUT2D eigenvalue weighted by Crippen LogP contribution is 2.48. The predicted molar refractivity (Wildman–Crippen MR) is 160 cm³/mol. The van der Waals surface area contributed by atoms with Crippen molar-refractivity contribution in [2.45, 2.75) is 106 Å². The lowest BCUT2D eigenvalue weighted by atomic mass is 9.64. The first-order valence-corrected chi connectivity index (χ1v) is 16.6. The molecular weight excluding hydrogens is 562 g/mol. The molecule has 11 heteroatoms. The van der Waals surface area contributed by atoms with Gasteiger partial charge < -0.3 is 23.5 Å². The minimum Gasteiger partial charge on any atom is -0.473 e. The van der Waals surface area contributed by atoms with Crippen LogP contribution in [-0.4, -0.2) is 109 Å². The Labute approximate surface area is 258 Å². The van der Waals surface area contributed by atoms with E-state index in [1.54, 1.807) is 7.11 Å². The van der Waals surface area contributed by atoms with Gasteiger partial charge in [0.1, 0.15) is 17.6 Å². The van der Waals surface area contributed by atoms with Crippen molar-refractivity contribution >= 4 is 5.78 Å². The monoisotopic (exact) mass is 607 g/mol. The number of likely N-dealkylation sites (N-methyl/N-ethyl adjacent to an activating group) is 1. The summed E-state index contributed by atoms with van der Waals surface area (Å²) < 4.78 is 30.4. The number of likely N-dealkylation sites (tertiary alicyclic amines) is 1. The zero-order valence-electron chi connectivity index (χ0n) is 26.3. The molecular formula is C33H45N5O6. The predicted octanol–water partition coefficient (Wildman–Crippen LogP) is 3.21. The lowest BCUT2D eigenvalue weighted by molar-refractivity contribution is -0.127. The largest absolute Gasteiger partial charge is 0.473 e. The summed E-state index contributed by atoms with van der Waals surface area (Å²) in [7, 11) is 3.92. The van der Waals surface area contributed by atoms with Gasteiger partial charge in [-0.25, -0.2) is 4.98 Å². The van der Waals surface area contributed by atoms with Crippen molar-refractivity contribution < 1.29 is 28.3 Å². The molecule has 2 aromatic rings. The SMILES string of the molecule is CO[C@@H]1C[C@@H]([C@H](C)Oc2nc(-c3onc4c3CCC[C@@]43CCCCC3=O)nc3c2CN(C2COC2)C[C@]32CCOC2)N(C)C1. The van der Waals surface area contributed by atoms with Crippen molar-refractivity contribution in [2.24, 2.45) is 0 Å². The normalized spacial score (nSPS) is 33.5. The summed E-state index contributed by atoms with van der Waals surface area (Å²) in [5.74, 6) is 2.04. The van der Waals surface area contributed by atoms with E-state index in [4.69, 9.17) is 33.4 Å². The summed E-state index contributed by atoms with van der Waals surface area (Å²) in [6, 6.07) is 0.576. The zero-order chi connectivity index (χ0) is 30.1. The number of Topliss-reactive ketones (excluding diaryl/α,β-unsaturated/α-hetero) is 1. The summed E-state index contributed by atoms with van der Waals surface area (Å²) in [5.41, 5.74) is 3.11. The molecule has 8 rings (SSSR count). The molecule has 4 aliphatic heterocycles. The van der Waals surface area contributed by atoms with E-state index in [0.717, 1.165) is 100 Å². The number of carbonyl (C=O) groups excluding carboxylic acids is 1. The van der Waals surface area contributed by atoms with Crippen LogP contribution in [0.1, 0.15) is 80.8 Å². The van der Waals surface area contributed by atoms with Gasteiger partial charge in [0.2, 0.25) is 17.5 Å². The molecule has 44 heavy (non-hydrogen) atoms. The average molecular weight is 608 g/mol. The summed E-state index contributed by atoms with van der Waals surface area (Å²) in [4.78, 5) is 28.7. The van der Waals surface area contributed by atoms with Crippen LogP contribution in [0.25, 0.3) is 11.6 Å². The molecule has 2 aromatic heterocycles. The van der Waals surface area contributed by atoms with Gasteiger partial charge in [-0.2, -0.15) is 4.98 Å². The van der Waals surface area contributed by atoms with Gasteiger partial charge in [-0.3, -0.25) is 14.6 Å². The second-order valence-electron chi connectivity index (χ2n) is 14.2. The lowest BCUT2D eigenvalue weighted by Crippen LogP contribution is -2.56. The molecule has 0 unspecified atom stereocenters. The minimum atomic E-state index is -0.521. The molecule has 3 saturated heterocycles. The Hall–Kier alpha value is -2.44. The van der Waals surface area contributed by atoms with Gasteiger partial charge in [0.05, 0.1) is 54.1 Å². The zero-order valence-corrected chi connectivity index (χ0v) is 26.3. The molecule has 0 amide bonds. The Morgan fingerprint density at radius 3 is 2.61 bits per heavy atom. The Kier molecular flexibility index (Phi) is 7.33. The van der Waals surface area contributed by atoms with Crippen LogP contribution >= 0.6 is 0 Å². The Morgan fingerprint density at radius 2 is 1.89 bits per heavy atom. The van der Waals surface area contributed by atoms with Crippen molar-refractivity contribution in [1.82, 2.24) is 24.9 Å². The van der Waals surface area contributed by atoms with Crippen LogP contribution in [0.4, 0.5) is 0 Å². The number of rotatable bonds is 6. The third-order valence-corrected chi connectivity index (χ3v) is 11.6. The maximum atomic E-state index is 13.4. The average Bonchev–Trinajstić information content (AvgIpc) is 3.73. The van der Waals surface area contributed by atoms with E-state index in [-0.39, 0.29) is 23.7 Å². The molecule has 4 fully saturated rings. The van der Waals surface area contributed by atoms with E-state index >= 15 is 0 Å². The molecule has 0 bridgehead atoms. The highest BCUT2D eigenvalue weighted by atomic mass is 16.5. The van der Waals surface area contributed by atoms with Gasteiger partial charge in [-0.15, -0.1) is 0 Å². The third-order valence-electron chi connectivity index (χ3n) is 11.6. The molecule has 6 heterocycles.